The topological polar surface area (TPSA) is 89.9 Å². The van der Waals surface area contributed by atoms with Gasteiger partial charge in [-0.25, -0.2) is 4.79 Å². The Hall–Kier alpha value is -1.95. The number of esters is 2. The van der Waals surface area contributed by atoms with E-state index >= 15 is 0 Å². The molecule has 8 atom stereocenters. The van der Waals surface area contributed by atoms with Crippen molar-refractivity contribution in [2.24, 2.45) is 29.1 Å². The summed E-state index contributed by atoms with van der Waals surface area (Å²) in [6.07, 6.45) is 1.08. The fraction of sp³-hybridized carbons (Fsp3) is 0.650. The minimum absolute atomic E-state index is 0.0458. The first-order valence-electron chi connectivity index (χ1n) is 9.15. The van der Waals surface area contributed by atoms with Crippen LogP contribution < -0.4 is 0 Å². The van der Waals surface area contributed by atoms with Crippen LogP contribution in [0.1, 0.15) is 34.1 Å². The number of aliphatic hydroxyl groups is 1. The Bertz CT molecular complexity index is 694. The molecule has 26 heavy (non-hydrogen) atoms. The Morgan fingerprint density at radius 2 is 2.12 bits per heavy atom. The maximum atomic E-state index is 12.6. The van der Waals surface area contributed by atoms with Crippen LogP contribution >= 0.6 is 0 Å². The Balaban J connectivity index is 2.07. The van der Waals surface area contributed by atoms with Crippen LogP contribution in [0.15, 0.2) is 24.3 Å². The third-order valence-corrected chi connectivity index (χ3v) is 6.57. The number of hydrogen-bond acceptors (Lipinski definition) is 6. The molecule has 1 saturated heterocycles. The molecule has 0 amide bonds. The largest absolute Gasteiger partial charge is 0.457 e. The van der Waals surface area contributed by atoms with E-state index in [0.717, 1.165) is 0 Å². The van der Waals surface area contributed by atoms with E-state index in [1.807, 2.05) is 13.8 Å². The van der Waals surface area contributed by atoms with Crippen molar-refractivity contribution >= 4 is 17.7 Å². The maximum Gasteiger partial charge on any atom is 0.334 e. The molecule has 2 fully saturated rings. The molecule has 0 aromatic rings. The minimum Gasteiger partial charge on any atom is -0.457 e. The number of carbonyl (C=O) groups excluding carboxylic acids is 3. The van der Waals surface area contributed by atoms with Crippen molar-refractivity contribution in [3.63, 3.8) is 0 Å². The van der Waals surface area contributed by atoms with E-state index in [0.29, 0.717) is 6.42 Å². The maximum absolute atomic E-state index is 12.6. The van der Waals surface area contributed by atoms with Gasteiger partial charge in [-0.15, -0.1) is 0 Å². The van der Waals surface area contributed by atoms with E-state index < -0.39 is 41.6 Å². The molecule has 0 aromatic heterocycles. The summed E-state index contributed by atoms with van der Waals surface area (Å²) in [5.74, 6) is -3.00. The van der Waals surface area contributed by atoms with Gasteiger partial charge in [0.25, 0.3) is 0 Å². The van der Waals surface area contributed by atoms with Gasteiger partial charge in [-0.05, 0) is 25.3 Å². The number of ether oxygens (including phenoxy) is 2. The first-order chi connectivity index (χ1) is 12.1. The van der Waals surface area contributed by atoms with Crippen molar-refractivity contribution in [3.8, 4) is 0 Å². The van der Waals surface area contributed by atoms with Crippen LogP contribution in [-0.4, -0.2) is 41.1 Å². The Morgan fingerprint density at radius 1 is 1.46 bits per heavy atom. The standard InChI is InChI=1S/C20H26O6/c1-6-9(2)18(23)26-16-14-11(4)19(24)25-15(16)10(3)12-7-8-13(21)20(12,5)17(14)22/h7-10,12,14-17,22H,4,6H2,1-3,5H3. The van der Waals surface area contributed by atoms with Crippen molar-refractivity contribution in [2.45, 2.75) is 52.4 Å². The van der Waals surface area contributed by atoms with Crippen molar-refractivity contribution in [1.82, 2.24) is 0 Å². The summed E-state index contributed by atoms with van der Waals surface area (Å²) in [6, 6.07) is 0. The van der Waals surface area contributed by atoms with Gasteiger partial charge in [0.2, 0.25) is 0 Å². The lowest BCUT2D eigenvalue weighted by Crippen LogP contribution is -2.53. The summed E-state index contributed by atoms with van der Waals surface area (Å²) < 4.78 is 11.3. The molecule has 1 heterocycles. The zero-order valence-corrected chi connectivity index (χ0v) is 15.6. The van der Waals surface area contributed by atoms with Crippen LogP contribution in [0.4, 0.5) is 0 Å². The predicted molar refractivity (Wildman–Crippen MR) is 92.8 cm³/mol. The molecule has 1 saturated carbocycles. The first kappa shape index (κ1) is 18.8. The molecule has 6 nitrogen and oxygen atoms in total. The van der Waals surface area contributed by atoms with Gasteiger partial charge in [-0.2, -0.15) is 0 Å². The number of hydrogen-bond donors (Lipinski definition) is 1. The fourth-order valence-corrected chi connectivity index (χ4v) is 4.52. The molecule has 1 aliphatic heterocycles. The van der Waals surface area contributed by atoms with Crippen molar-refractivity contribution < 1.29 is 29.0 Å². The highest BCUT2D eigenvalue weighted by Gasteiger charge is 2.63. The molecule has 142 valence electrons. The summed E-state index contributed by atoms with van der Waals surface area (Å²) in [7, 11) is 0. The normalized spacial score (nSPS) is 42.7. The van der Waals surface area contributed by atoms with E-state index in [1.165, 1.54) is 6.08 Å². The number of fused-ring (bicyclic) bond motifs is 3. The zero-order chi connectivity index (χ0) is 19.4. The van der Waals surface area contributed by atoms with Gasteiger partial charge in [-0.3, -0.25) is 9.59 Å². The van der Waals surface area contributed by atoms with Crippen LogP contribution in [0.5, 0.6) is 0 Å². The highest BCUT2D eigenvalue weighted by molar-refractivity contribution is 5.99. The van der Waals surface area contributed by atoms with Crippen LogP contribution in [-0.2, 0) is 23.9 Å². The molecule has 6 heteroatoms. The number of rotatable bonds is 3. The zero-order valence-electron chi connectivity index (χ0n) is 15.6. The van der Waals surface area contributed by atoms with Crippen molar-refractivity contribution in [3.05, 3.63) is 24.3 Å². The van der Waals surface area contributed by atoms with Gasteiger partial charge < -0.3 is 14.6 Å². The predicted octanol–water partition coefficient (Wildman–Crippen LogP) is 1.81. The molecular weight excluding hydrogens is 336 g/mol. The molecule has 0 radical (unpaired) electrons. The van der Waals surface area contributed by atoms with Gasteiger partial charge >= 0.3 is 11.9 Å². The van der Waals surface area contributed by atoms with Crippen LogP contribution in [0, 0.1) is 29.1 Å². The van der Waals surface area contributed by atoms with Crippen molar-refractivity contribution in [1.29, 1.82) is 0 Å². The van der Waals surface area contributed by atoms with E-state index in [-0.39, 0.29) is 29.1 Å². The smallest absolute Gasteiger partial charge is 0.334 e. The average molecular weight is 362 g/mol. The molecule has 2 bridgehead atoms. The molecule has 1 N–H and O–H groups in total. The quantitative estimate of drug-likeness (QED) is 0.608. The summed E-state index contributed by atoms with van der Waals surface area (Å²) in [5, 5.41) is 11.2. The lowest BCUT2D eigenvalue weighted by atomic mass is 9.67. The van der Waals surface area contributed by atoms with E-state index in [9.17, 15) is 19.5 Å². The molecular formula is C20H26O6. The summed E-state index contributed by atoms with van der Waals surface area (Å²) in [6.45, 7) is 11.0. The van der Waals surface area contributed by atoms with Gasteiger partial charge in [0.1, 0.15) is 12.2 Å². The van der Waals surface area contributed by atoms with E-state index in [1.54, 1.807) is 19.9 Å². The number of allylic oxidation sites excluding steroid dienone is 2. The first-order valence-corrected chi connectivity index (χ1v) is 9.15. The summed E-state index contributed by atoms with van der Waals surface area (Å²) in [4.78, 5) is 37.3. The third kappa shape index (κ3) is 2.46. The molecule has 3 aliphatic rings. The van der Waals surface area contributed by atoms with Crippen LogP contribution in [0.2, 0.25) is 0 Å². The molecule has 3 rings (SSSR count). The summed E-state index contributed by atoms with van der Waals surface area (Å²) in [5.41, 5.74) is -1.05. The minimum atomic E-state index is -1.20. The van der Waals surface area contributed by atoms with Crippen LogP contribution in [0.25, 0.3) is 0 Å². The Kier molecular flexibility index (Phi) is 4.59. The highest BCUT2D eigenvalue weighted by Crippen LogP contribution is 2.53. The second-order valence-corrected chi connectivity index (χ2v) is 7.97. The second-order valence-electron chi connectivity index (χ2n) is 7.97. The van der Waals surface area contributed by atoms with Gasteiger partial charge in [0.15, 0.2) is 5.78 Å². The van der Waals surface area contributed by atoms with Crippen LogP contribution in [0.3, 0.4) is 0 Å². The SMILES string of the molecule is C=C1C(=O)OC2C(C)C3C=CC(=O)C3(C)C(O)C1C2OC(=O)C(C)CC. The lowest BCUT2D eigenvalue weighted by Gasteiger charge is -2.40. The number of carbonyl (C=O) groups is 3. The molecule has 0 aromatic carbocycles. The molecule has 2 aliphatic carbocycles. The third-order valence-electron chi connectivity index (χ3n) is 6.57. The van der Waals surface area contributed by atoms with Gasteiger partial charge in [0.05, 0.1) is 23.4 Å². The second kappa shape index (κ2) is 6.34. The average Bonchev–Trinajstić information content (AvgIpc) is 2.90. The van der Waals surface area contributed by atoms with Gasteiger partial charge in [-0.1, -0.05) is 33.4 Å². The van der Waals surface area contributed by atoms with Crippen molar-refractivity contribution in [2.75, 3.05) is 0 Å². The number of ketones is 1. The van der Waals surface area contributed by atoms with E-state index in [2.05, 4.69) is 6.58 Å². The Labute approximate surface area is 153 Å². The monoisotopic (exact) mass is 362 g/mol. The molecule has 0 spiro atoms. The summed E-state index contributed by atoms with van der Waals surface area (Å²) >= 11 is 0. The van der Waals surface area contributed by atoms with Gasteiger partial charge in [0, 0.05) is 11.5 Å². The fourth-order valence-electron chi connectivity index (χ4n) is 4.52. The van der Waals surface area contributed by atoms with E-state index in [4.69, 9.17) is 9.47 Å². The molecule has 8 unspecified atom stereocenters. The Morgan fingerprint density at radius 3 is 2.73 bits per heavy atom. The number of aliphatic hydroxyl groups excluding tert-OH is 1. The lowest BCUT2D eigenvalue weighted by molar-refractivity contribution is -0.187. The highest BCUT2D eigenvalue weighted by atomic mass is 16.6.